The summed E-state index contributed by atoms with van der Waals surface area (Å²) in [6.45, 7) is 6.51. The van der Waals surface area contributed by atoms with Gasteiger partial charge in [-0.05, 0) is 68.3 Å². The summed E-state index contributed by atoms with van der Waals surface area (Å²) in [7, 11) is 0. The first-order valence-corrected chi connectivity index (χ1v) is 11.1. The van der Waals surface area contributed by atoms with Gasteiger partial charge in [0.1, 0.15) is 11.4 Å². The van der Waals surface area contributed by atoms with E-state index in [1.165, 1.54) is 4.90 Å². The summed E-state index contributed by atoms with van der Waals surface area (Å²) in [6.07, 6.45) is 0. The molecule has 0 atom stereocenters. The standard InChI is InChI=1S/C27H24N2O5/c1-4-32-20-9-7-19(8-10-20)29-26(30)24(21-11-5-16(2)13-17(21)3)25(27(29)31)28-18-6-12-22-23(14-18)34-15-33-22/h5-14,28H,4,15H2,1-3H3. The van der Waals surface area contributed by atoms with Crippen LogP contribution in [0, 0.1) is 13.8 Å². The van der Waals surface area contributed by atoms with Crippen LogP contribution in [-0.4, -0.2) is 25.2 Å². The molecule has 2 amide bonds. The Labute approximate surface area is 197 Å². The summed E-state index contributed by atoms with van der Waals surface area (Å²) in [5.74, 6) is 1.08. The molecule has 2 aliphatic rings. The van der Waals surface area contributed by atoms with E-state index in [0.717, 1.165) is 11.1 Å². The van der Waals surface area contributed by atoms with Crippen LogP contribution in [0.25, 0.3) is 5.57 Å². The van der Waals surface area contributed by atoms with Crippen molar-refractivity contribution in [3.05, 3.63) is 83.1 Å². The van der Waals surface area contributed by atoms with Crippen molar-refractivity contribution in [2.24, 2.45) is 0 Å². The Balaban J connectivity index is 1.58. The summed E-state index contributed by atoms with van der Waals surface area (Å²) in [5.41, 5.74) is 4.33. The largest absolute Gasteiger partial charge is 0.494 e. The lowest BCUT2D eigenvalue weighted by Gasteiger charge is -2.16. The van der Waals surface area contributed by atoms with E-state index in [2.05, 4.69) is 5.32 Å². The maximum Gasteiger partial charge on any atom is 0.282 e. The predicted octanol–water partition coefficient (Wildman–Crippen LogP) is 4.83. The summed E-state index contributed by atoms with van der Waals surface area (Å²) < 4.78 is 16.3. The topological polar surface area (TPSA) is 77.1 Å². The zero-order valence-electron chi connectivity index (χ0n) is 19.2. The Hall–Kier alpha value is -4.26. The number of aryl methyl sites for hydroxylation is 2. The summed E-state index contributed by atoms with van der Waals surface area (Å²) >= 11 is 0. The van der Waals surface area contributed by atoms with Crippen LogP contribution < -0.4 is 24.4 Å². The number of hydrogen-bond acceptors (Lipinski definition) is 6. The second kappa shape index (κ2) is 8.59. The molecule has 0 aliphatic carbocycles. The first kappa shape index (κ1) is 21.6. The third-order valence-corrected chi connectivity index (χ3v) is 5.78. The maximum atomic E-state index is 13.7. The molecule has 0 fully saturated rings. The van der Waals surface area contributed by atoms with Crippen molar-refractivity contribution >= 4 is 28.8 Å². The highest BCUT2D eigenvalue weighted by atomic mass is 16.7. The number of imide groups is 1. The number of benzene rings is 3. The smallest absolute Gasteiger partial charge is 0.282 e. The van der Waals surface area contributed by atoms with Gasteiger partial charge in [-0.1, -0.05) is 23.8 Å². The quantitative estimate of drug-likeness (QED) is 0.536. The SMILES string of the molecule is CCOc1ccc(N2C(=O)C(Nc3ccc4c(c3)OCO4)=C(c3ccc(C)cc3C)C2=O)cc1. The van der Waals surface area contributed by atoms with Gasteiger partial charge in [0.05, 0.1) is 17.9 Å². The van der Waals surface area contributed by atoms with Gasteiger partial charge in [0, 0.05) is 11.8 Å². The zero-order valence-corrected chi connectivity index (χ0v) is 19.2. The maximum absolute atomic E-state index is 13.7. The van der Waals surface area contributed by atoms with Gasteiger partial charge < -0.3 is 19.5 Å². The van der Waals surface area contributed by atoms with Gasteiger partial charge >= 0.3 is 0 Å². The lowest BCUT2D eigenvalue weighted by molar-refractivity contribution is -0.120. The number of amides is 2. The first-order chi connectivity index (χ1) is 16.5. The molecule has 7 nitrogen and oxygen atoms in total. The number of ether oxygens (including phenoxy) is 3. The summed E-state index contributed by atoms with van der Waals surface area (Å²) in [4.78, 5) is 28.5. The number of carbonyl (C=O) groups excluding carboxylic acids is 2. The number of anilines is 2. The Morgan fingerprint density at radius 3 is 2.41 bits per heavy atom. The molecule has 0 spiro atoms. The van der Waals surface area contributed by atoms with E-state index in [4.69, 9.17) is 14.2 Å². The molecule has 34 heavy (non-hydrogen) atoms. The number of hydrogen-bond donors (Lipinski definition) is 1. The monoisotopic (exact) mass is 456 g/mol. The Kier molecular flexibility index (Phi) is 5.45. The summed E-state index contributed by atoms with van der Waals surface area (Å²) in [5, 5.41) is 3.18. The Bertz CT molecular complexity index is 1330. The molecule has 0 saturated heterocycles. The van der Waals surface area contributed by atoms with Crippen LogP contribution in [0.1, 0.15) is 23.6 Å². The van der Waals surface area contributed by atoms with Gasteiger partial charge in [-0.25, -0.2) is 4.90 Å². The average molecular weight is 456 g/mol. The van der Waals surface area contributed by atoms with Crippen LogP contribution >= 0.6 is 0 Å². The lowest BCUT2D eigenvalue weighted by atomic mass is 9.97. The molecule has 0 aromatic heterocycles. The fourth-order valence-electron chi connectivity index (χ4n) is 4.20. The molecule has 0 radical (unpaired) electrons. The number of rotatable bonds is 6. The predicted molar refractivity (Wildman–Crippen MR) is 129 cm³/mol. The number of nitrogens with one attached hydrogen (secondary N) is 1. The van der Waals surface area contributed by atoms with Gasteiger partial charge in [-0.3, -0.25) is 9.59 Å². The molecule has 2 heterocycles. The lowest BCUT2D eigenvalue weighted by Crippen LogP contribution is -2.32. The Morgan fingerprint density at radius 1 is 0.912 bits per heavy atom. The minimum absolute atomic E-state index is 0.151. The van der Waals surface area contributed by atoms with Gasteiger partial charge in [0.15, 0.2) is 11.5 Å². The van der Waals surface area contributed by atoms with Crippen molar-refractivity contribution in [3.8, 4) is 17.2 Å². The van der Waals surface area contributed by atoms with Crippen molar-refractivity contribution < 1.29 is 23.8 Å². The molecular weight excluding hydrogens is 432 g/mol. The average Bonchev–Trinajstić information content (AvgIpc) is 3.37. The highest BCUT2D eigenvalue weighted by Gasteiger charge is 2.40. The van der Waals surface area contributed by atoms with E-state index >= 15 is 0 Å². The van der Waals surface area contributed by atoms with E-state index < -0.39 is 5.91 Å². The molecule has 0 saturated carbocycles. The van der Waals surface area contributed by atoms with Crippen LogP contribution in [0.3, 0.4) is 0 Å². The van der Waals surface area contributed by atoms with Gasteiger partial charge in [0.2, 0.25) is 6.79 Å². The fourth-order valence-corrected chi connectivity index (χ4v) is 4.20. The van der Waals surface area contributed by atoms with E-state index in [0.29, 0.717) is 46.4 Å². The summed E-state index contributed by atoms with van der Waals surface area (Å²) in [6, 6.07) is 18.1. The molecule has 0 bridgehead atoms. The second-order valence-electron chi connectivity index (χ2n) is 8.13. The third kappa shape index (κ3) is 3.75. The molecule has 7 heteroatoms. The van der Waals surface area contributed by atoms with Crippen molar-refractivity contribution in [1.82, 2.24) is 0 Å². The van der Waals surface area contributed by atoms with E-state index in [1.807, 2.05) is 39.0 Å². The van der Waals surface area contributed by atoms with Crippen molar-refractivity contribution in [2.75, 3.05) is 23.6 Å². The normalized spacial score (nSPS) is 14.7. The van der Waals surface area contributed by atoms with E-state index in [1.54, 1.807) is 42.5 Å². The van der Waals surface area contributed by atoms with Gasteiger partial charge in [-0.2, -0.15) is 0 Å². The van der Waals surface area contributed by atoms with E-state index in [-0.39, 0.29) is 18.4 Å². The molecule has 0 unspecified atom stereocenters. The highest BCUT2D eigenvalue weighted by molar-refractivity contribution is 6.46. The van der Waals surface area contributed by atoms with Gasteiger partial charge in [-0.15, -0.1) is 0 Å². The molecular formula is C27H24N2O5. The van der Waals surface area contributed by atoms with Crippen LogP contribution in [0.4, 0.5) is 11.4 Å². The molecule has 172 valence electrons. The van der Waals surface area contributed by atoms with E-state index in [9.17, 15) is 9.59 Å². The number of carbonyl (C=O) groups is 2. The number of nitrogens with zero attached hydrogens (tertiary/aromatic N) is 1. The third-order valence-electron chi connectivity index (χ3n) is 5.78. The number of fused-ring (bicyclic) bond motifs is 1. The molecule has 5 rings (SSSR count). The highest BCUT2D eigenvalue weighted by Crippen LogP contribution is 2.38. The first-order valence-electron chi connectivity index (χ1n) is 11.1. The van der Waals surface area contributed by atoms with Crippen LogP contribution in [0.15, 0.2) is 66.4 Å². The van der Waals surface area contributed by atoms with Crippen LogP contribution in [-0.2, 0) is 9.59 Å². The fraction of sp³-hybridized carbons (Fsp3) is 0.185. The molecule has 1 N–H and O–H groups in total. The molecule has 3 aromatic rings. The Morgan fingerprint density at radius 2 is 1.68 bits per heavy atom. The van der Waals surface area contributed by atoms with Crippen molar-refractivity contribution in [2.45, 2.75) is 20.8 Å². The second-order valence-corrected chi connectivity index (χ2v) is 8.13. The minimum atomic E-state index is -0.429. The van der Waals surface area contributed by atoms with Crippen molar-refractivity contribution in [3.63, 3.8) is 0 Å². The van der Waals surface area contributed by atoms with Crippen LogP contribution in [0.5, 0.6) is 17.2 Å². The van der Waals surface area contributed by atoms with Crippen molar-refractivity contribution in [1.29, 1.82) is 0 Å². The minimum Gasteiger partial charge on any atom is -0.494 e. The zero-order chi connectivity index (χ0) is 23.8. The molecule has 2 aliphatic heterocycles. The van der Waals surface area contributed by atoms with Gasteiger partial charge in [0.25, 0.3) is 11.8 Å². The molecule has 3 aromatic carbocycles. The van der Waals surface area contributed by atoms with Crippen LogP contribution in [0.2, 0.25) is 0 Å².